The first-order chi connectivity index (χ1) is 7.86. The quantitative estimate of drug-likeness (QED) is 0.589. The van der Waals surface area contributed by atoms with Crippen LogP contribution < -0.4 is 0 Å². The van der Waals surface area contributed by atoms with Gasteiger partial charge in [0.1, 0.15) is 0 Å². The van der Waals surface area contributed by atoms with Crippen molar-refractivity contribution in [2.45, 2.75) is 71.6 Å². The molecule has 0 radical (unpaired) electrons. The summed E-state index contributed by atoms with van der Waals surface area (Å²) in [4.78, 5) is 2.66. The molecule has 1 fully saturated rings. The zero-order valence-corrected chi connectivity index (χ0v) is 11.5. The van der Waals surface area contributed by atoms with Crippen molar-refractivity contribution in [3.8, 4) is 0 Å². The number of hydrogen-bond acceptors (Lipinski definition) is 1. The topological polar surface area (TPSA) is 3.24 Å². The Balaban J connectivity index is 2.06. The normalized spacial score (nSPS) is 18.2. The van der Waals surface area contributed by atoms with Crippen LogP contribution >= 0.6 is 0 Å². The van der Waals surface area contributed by atoms with Gasteiger partial charge in [0.15, 0.2) is 0 Å². The van der Waals surface area contributed by atoms with Gasteiger partial charge < -0.3 is 4.90 Å². The molecule has 1 aliphatic rings. The van der Waals surface area contributed by atoms with Crippen LogP contribution in [0.2, 0.25) is 0 Å². The number of hydrogen-bond donors (Lipinski definition) is 0. The summed E-state index contributed by atoms with van der Waals surface area (Å²) >= 11 is 0. The van der Waals surface area contributed by atoms with Crippen molar-refractivity contribution >= 4 is 0 Å². The lowest BCUT2D eigenvalue weighted by Crippen LogP contribution is -2.27. The second-order valence-electron chi connectivity index (χ2n) is 5.49. The summed E-state index contributed by atoms with van der Waals surface area (Å²) in [5.74, 6) is 1.07. The molecule has 16 heavy (non-hydrogen) atoms. The average Bonchev–Trinajstić information content (AvgIpc) is 2.31. The van der Waals surface area contributed by atoms with E-state index in [0.717, 1.165) is 5.92 Å². The lowest BCUT2D eigenvalue weighted by molar-refractivity contribution is 0.249. The minimum absolute atomic E-state index is 1.07. The van der Waals surface area contributed by atoms with Crippen molar-refractivity contribution in [1.29, 1.82) is 0 Å². The highest BCUT2D eigenvalue weighted by molar-refractivity contribution is 4.67. The minimum atomic E-state index is 1.07. The highest BCUT2D eigenvalue weighted by Gasteiger charge is 2.13. The van der Waals surface area contributed by atoms with Gasteiger partial charge in [0.25, 0.3) is 0 Å². The predicted octanol–water partition coefficient (Wildman–Crippen LogP) is 4.47. The van der Waals surface area contributed by atoms with E-state index in [1.54, 1.807) is 0 Å². The van der Waals surface area contributed by atoms with E-state index in [2.05, 4.69) is 18.7 Å². The third kappa shape index (κ3) is 5.89. The average molecular weight is 225 g/mol. The first kappa shape index (κ1) is 14.0. The standard InChI is InChI=1S/C15H31N/c1-3-12-16(13-4-2)14-8-11-15-9-6-5-7-10-15/h15H,3-14H2,1-2H3. The summed E-state index contributed by atoms with van der Waals surface area (Å²) < 4.78 is 0. The molecule has 1 rings (SSSR count). The number of nitrogens with zero attached hydrogens (tertiary/aromatic N) is 1. The predicted molar refractivity (Wildman–Crippen MR) is 72.8 cm³/mol. The highest BCUT2D eigenvalue weighted by Crippen LogP contribution is 2.27. The lowest BCUT2D eigenvalue weighted by atomic mass is 9.86. The fourth-order valence-corrected chi connectivity index (χ4v) is 3.05. The molecule has 1 heteroatoms. The number of rotatable bonds is 8. The van der Waals surface area contributed by atoms with Crippen LogP contribution in [0.25, 0.3) is 0 Å². The largest absolute Gasteiger partial charge is 0.303 e. The van der Waals surface area contributed by atoms with E-state index in [4.69, 9.17) is 0 Å². The van der Waals surface area contributed by atoms with E-state index in [0.29, 0.717) is 0 Å². The Morgan fingerprint density at radius 2 is 1.50 bits per heavy atom. The Morgan fingerprint density at radius 1 is 0.875 bits per heavy atom. The molecule has 0 amide bonds. The van der Waals surface area contributed by atoms with Crippen LogP contribution in [0, 0.1) is 5.92 Å². The molecule has 1 saturated carbocycles. The molecule has 0 saturated heterocycles. The zero-order valence-electron chi connectivity index (χ0n) is 11.5. The fraction of sp³-hybridized carbons (Fsp3) is 1.00. The molecule has 0 aromatic heterocycles. The van der Waals surface area contributed by atoms with Gasteiger partial charge in [-0.25, -0.2) is 0 Å². The molecular formula is C15H31N. The summed E-state index contributed by atoms with van der Waals surface area (Å²) in [5.41, 5.74) is 0. The molecule has 0 aromatic carbocycles. The summed E-state index contributed by atoms with van der Waals surface area (Å²) in [6, 6.07) is 0. The summed E-state index contributed by atoms with van der Waals surface area (Å²) in [7, 11) is 0. The van der Waals surface area contributed by atoms with E-state index in [1.165, 1.54) is 77.4 Å². The van der Waals surface area contributed by atoms with Crippen LogP contribution in [0.1, 0.15) is 71.6 Å². The molecular weight excluding hydrogens is 194 g/mol. The third-order valence-electron chi connectivity index (χ3n) is 3.89. The van der Waals surface area contributed by atoms with E-state index in [9.17, 15) is 0 Å². The Kier molecular flexibility index (Phi) is 7.92. The van der Waals surface area contributed by atoms with Gasteiger partial charge in [0.05, 0.1) is 0 Å². The van der Waals surface area contributed by atoms with Crippen molar-refractivity contribution in [1.82, 2.24) is 4.90 Å². The molecule has 96 valence electrons. The minimum Gasteiger partial charge on any atom is -0.303 e. The van der Waals surface area contributed by atoms with Crippen molar-refractivity contribution in [2.24, 2.45) is 5.92 Å². The Morgan fingerprint density at radius 3 is 2.06 bits per heavy atom. The first-order valence-corrected chi connectivity index (χ1v) is 7.59. The summed E-state index contributed by atoms with van der Waals surface area (Å²) in [6.45, 7) is 8.54. The molecule has 0 heterocycles. The van der Waals surface area contributed by atoms with Crippen LogP contribution in [0.5, 0.6) is 0 Å². The second kappa shape index (κ2) is 9.04. The van der Waals surface area contributed by atoms with Crippen molar-refractivity contribution in [2.75, 3.05) is 19.6 Å². The molecule has 0 spiro atoms. The van der Waals surface area contributed by atoms with Crippen molar-refractivity contribution in [3.05, 3.63) is 0 Å². The first-order valence-electron chi connectivity index (χ1n) is 7.59. The van der Waals surface area contributed by atoms with Gasteiger partial charge in [0, 0.05) is 0 Å². The molecule has 0 bridgehead atoms. The summed E-state index contributed by atoms with van der Waals surface area (Å²) in [5, 5.41) is 0. The maximum Gasteiger partial charge on any atom is -0.00186 e. The SMILES string of the molecule is CCCN(CCC)CCCC1CCCCC1. The maximum absolute atomic E-state index is 2.66. The van der Waals surface area contributed by atoms with Gasteiger partial charge in [-0.15, -0.1) is 0 Å². The monoisotopic (exact) mass is 225 g/mol. The third-order valence-corrected chi connectivity index (χ3v) is 3.89. The second-order valence-corrected chi connectivity index (χ2v) is 5.49. The Bertz CT molecular complexity index is 144. The summed E-state index contributed by atoms with van der Waals surface area (Å²) in [6.07, 6.45) is 13.1. The molecule has 0 aliphatic heterocycles. The molecule has 1 nitrogen and oxygen atoms in total. The fourth-order valence-electron chi connectivity index (χ4n) is 3.05. The van der Waals surface area contributed by atoms with Crippen LogP contribution in [0.3, 0.4) is 0 Å². The van der Waals surface area contributed by atoms with Crippen LogP contribution in [-0.4, -0.2) is 24.5 Å². The van der Waals surface area contributed by atoms with Crippen LogP contribution in [-0.2, 0) is 0 Å². The molecule has 1 aliphatic carbocycles. The molecule has 0 unspecified atom stereocenters. The van der Waals surface area contributed by atoms with Gasteiger partial charge in [0.2, 0.25) is 0 Å². The molecule has 0 aromatic rings. The smallest absolute Gasteiger partial charge is 0.00186 e. The highest BCUT2D eigenvalue weighted by atomic mass is 15.1. The van der Waals surface area contributed by atoms with Gasteiger partial charge in [-0.3, -0.25) is 0 Å². The van der Waals surface area contributed by atoms with Crippen molar-refractivity contribution in [3.63, 3.8) is 0 Å². The van der Waals surface area contributed by atoms with E-state index in [1.807, 2.05) is 0 Å². The molecule has 0 N–H and O–H groups in total. The molecule has 0 atom stereocenters. The Labute approximate surface area is 103 Å². The van der Waals surface area contributed by atoms with E-state index < -0.39 is 0 Å². The van der Waals surface area contributed by atoms with Gasteiger partial charge in [-0.1, -0.05) is 46.0 Å². The zero-order chi connectivity index (χ0) is 11.6. The van der Waals surface area contributed by atoms with Crippen LogP contribution in [0.4, 0.5) is 0 Å². The lowest BCUT2D eigenvalue weighted by Gasteiger charge is -2.24. The van der Waals surface area contributed by atoms with Gasteiger partial charge in [-0.05, 0) is 51.2 Å². The van der Waals surface area contributed by atoms with Crippen molar-refractivity contribution < 1.29 is 0 Å². The van der Waals surface area contributed by atoms with Gasteiger partial charge >= 0.3 is 0 Å². The Hall–Kier alpha value is -0.0400. The van der Waals surface area contributed by atoms with E-state index in [-0.39, 0.29) is 0 Å². The van der Waals surface area contributed by atoms with E-state index >= 15 is 0 Å². The van der Waals surface area contributed by atoms with Crippen LogP contribution in [0.15, 0.2) is 0 Å². The van der Waals surface area contributed by atoms with Gasteiger partial charge in [-0.2, -0.15) is 0 Å². The maximum atomic E-state index is 2.66.